The SMILES string of the molecule is C=C1N(CC(F)(P)C#N)c2cc(Br)ccc2C12CC2. The topological polar surface area (TPSA) is 27.0 Å². The second-order valence-electron chi connectivity index (χ2n) is 5.25. The lowest BCUT2D eigenvalue weighted by molar-refractivity contribution is 0.369. The number of allylic oxidation sites excluding steroid dienone is 1. The highest BCUT2D eigenvalue weighted by atomic mass is 79.9. The number of nitrogens with zero attached hydrogens (tertiary/aromatic N) is 2. The van der Waals surface area contributed by atoms with Crippen molar-refractivity contribution in [3.8, 4) is 6.07 Å². The first-order chi connectivity index (χ1) is 8.89. The standard InChI is InChI=1S/C14H13BrFN2P/c1-9-13(4-5-13)11-3-2-10(15)6-12(11)18(9)8-14(16,19)7-17/h2-3,6H,1,4-5,8,19H2. The molecule has 1 spiro atoms. The van der Waals surface area contributed by atoms with Crippen LogP contribution in [0.4, 0.5) is 10.1 Å². The Labute approximate surface area is 122 Å². The van der Waals surface area contributed by atoms with Gasteiger partial charge in [-0.05, 0) is 30.5 Å². The molecule has 1 aromatic rings. The molecule has 0 radical (unpaired) electrons. The number of benzene rings is 1. The molecule has 2 nitrogen and oxygen atoms in total. The van der Waals surface area contributed by atoms with Gasteiger partial charge in [0.1, 0.15) is 6.07 Å². The van der Waals surface area contributed by atoms with E-state index in [1.807, 2.05) is 26.3 Å². The van der Waals surface area contributed by atoms with Gasteiger partial charge in [-0.15, -0.1) is 0 Å². The molecular weight excluding hydrogens is 326 g/mol. The molecule has 1 aromatic carbocycles. The Morgan fingerprint density at radius 3 is 2.84 bits per heavy atom. The first-order valence-electron chi connectivity index (χ1n) is 6.06. The lowest BCUT2D eigenvalue weighted by Crippen LogP contribution is -2.33. The minimum atomic E-state index is -1.96. The number of alkyl halides is 1. The van der Waals surface area contributed by atoms with Crippen LogP contribution in [0.25, 0.3) is 0 Å². The van der Waals surface area contributed by atoms with Crippen LogP contribution in [0.1, 0.15) is 18.4 Å². The van der Waals surface area contributed by atoms with Gasteiger partial charge in [0.05, 0.1) is 6.54 Å². The molecule has 2 atom stereocenters. The first-order valence-corrected chi connectivity index (χ1v) is 7.43. The van der Waals surface area contributed by atoms with Crippen LogP contribution in [0.5, 0.6) is 0 Å². The molecule has 98 valence electrons. The van der Waals surface area contributed by atoms with Crippen LogP contribution in [0.2, 0.25) is 0 Å². The number of nitriles is 1. The molecular formula is C14H13BrFN2P. The molecule has 1 aliphatic carbocycles. The molecule has 2 unspecified atom stereocenters. The van der Waals surface area contributed by atoms with Crippen molar-refractivity contribution in [2.24, 2.45) is 0 Å². The number of hydrogen-bond donors (Lipinski definition) is 0. The lowest BCUT2D eigenvalue weighted by atomic mass is 9.96. The number of rotatable bonds is 2. The monoisotopic (exact) mass is 338 g/mol. The van der Waals surface area contributed by atoms with Crippen molar-refractivity contribution >= 4 is 30.9 Å². The van der Waals surface area contributed by atoms with Gasteiger partial charge >= 0.3 is 0 Å². The second kappa shape index (κ2) is 4.04. The van der Waals surface area contributed by atoms with Crippen molar-refractivity contribution in [2.45, 2.75) is 23.7 Å². The third-order valence-corrected chi connectivity index (χ3v) is 4.77. The minimum Gasteiger partial charge on any atom is -0.340 e. The van der Waals surface area contributed by atoms with E-state index in [0.717, 1.165) is 28.7 Å². The predicted molar refractivity (Wildman–Crippen MR) is 80.7 cm³/mol. The molecule has 5 heteroatoms. The van der Waals surface area contributed by atoms with Gasteiger partial charge in [-0.1, -0.05) is 37.8 Å². The summed E-state index contributed by atoms with van der Waals surface area (Å²) in [4.78, 5) is 1.85. The molecule has 3 rings (SSSR count). The van der Waals surface area contributed by atoms with E-state index in [-0.39, 0.29) is 12.0 Å². The van der Waals surface area contributed by atoms with Gasteiger partial charge in [0.2, 0.25) is 5.41 Å². The highest BCUT2D eigenvalue weighted by Gasteiger charge is 2.55. The Hall–Kier alpha value is -0.910. The number of hydrogen-bond acceptors (Lipinski definition) is 2. The highest BCUT2D eigenvalue weighted by Crippen LogP contribution is 2.62. The highest BCUT2D eigenvalue weighted by molar-refractivity contribution is 9.10. The normalized spacial score (nSPS) is 22.0. The van der Waals surface area contributed by atoms with E-state index in [4.69, 9.17) is 5.26 Å². The fourth-order valence-electron chi connectivity index (χ4n) is 2.82. The van der Waals surface area contributed by atoms with Crippen molar-refractivity contribution in [3.63, 3.8) is 0 Å². The summed E-state index contributed by atoms with van der Waals surface area (Å²) in [5.74, 6) is 0. The van der Waals surface area contributed by atoms with Gasteiger partial charge in [-0.2, -0.15) is 5.26 Å². The van der Waals surface area contributed by atoms with E-state index in [1.54, 1.807) is 6.07 Å². The van der Waals surface area contributed by atoms with Crippen LogP contribution in [0.15, 0.2) is 34.9 Å². The van der Waals surface area contributed by atoms with Crippen molar-refractivity contribution in [1.29, 1.82) is 5.26 Å². The van der Waals surface area contributed by atoms with Crippen LogP contribution < -0.4 is 4.90 Å². The summed E-state index contributed by atoms with van der Waals surface area (Å²) in [6.45, 7) is 4.14. The molecule has 1 fully saturated rings. The molecule has 0 N–H and O–H groups in total. The summed E-state index contributed by atoms with van der Waals surface area (Å²) in [6.07, 6.45) is 2.11. The predicted octanol–water partition coefficient (Wildman–Crippen LogP) is 3.88. The maximum Gasteiger partial charge on any atom is 0.225 e. The molecule has 1 heterocycles. The lowest BCUT2D eigenvalue weighted by Gasteiger charge is -2.26. The third kappa shape index (κ3) is 1.91. The summed E-state index contributed by atoms with van der Waals surface area (Å²) in [5.41, 5.74) is 3.09. The van der Waals surface area contributed by atoms with Gasteiger partial charge in [0.15, 0.2) is 0 Å². The van der Waals surface area contributed by atoms with Crippen LogP contribution >= 0.6 is 25.2 Å². The van der Waals surface area contributed by atoms with E-state index >= 15 is 0 Å². The molecule has 0 aromatic heterocycles. The van der Waals surface area contributed by atoms with Gasteiger partial charge in [-0.25, -0.2) is 4.39 Å². The van der Waals surface area contributed by atoms with Crippen molar-refractivity contribution in [3.05, 3.63) is 40.5 Å². The smallest absolute Gasteiger partial charge is 0.225 e. The van der Waals surface area contributed by atoms with E-state index < -0.39 is 5.41 Å². The number of halogens is 2. The van der Waals surface area contributed by atoms with Crippen LogP contribution in [0, 0.1) is 11.3 Å². The van der Waals surface area contributed by atoms with E-state index in [9.17, 15) is 4.39 Å². The summed E-state index contributed by atoms with van der Waals surface area (Å²) < 4.78 is 15.0. The second-order valence-corrected chi connectivity index (χ2v) is 7.08. The van der Waals surface area contributed by atoms with Crippen molar-refractivity contribution < 1.29 is 4.39 Å². The molecule has 1 saturated carbocycles. The Bertz CT molecular complexity index is 616. The Morgan fingerprint density at radius 1 is 1.58 bits per heavy atom. The van der Waals surface area contributed by atoms with Crippen LogP contribution in [0.3, 0.4) is 0 Å². The van der Waals surface area contributed by atoms with Crippen molar-refractivity contribution in [1.82, 2.24) is 0 Å². The fraction of sp³-hybridized carbons (Fsp3) is 0.357. The quantitative estimate of drug-likeness (QED) is 0.765. The van der Waals surface area contributed by atoms with E-state index in [0.29, 0.717) is 0 Å². The van der Waals surface area contributed by atoms with Crippen LogP contribution in [-0.4, -0.2) is 12.0 Å². The Balaban J connectivity index is 2.06. The average molecular weight is 339 g/mol. The molecule has 0 amide bonds. The van der Waals surface area contributed by atoms with Crippen molar-refractivity contribution in [2.75, 3.05) is 11.4 Å². The van der Waals surface area contributed by atoms with E-state index in [1.165, 1.54) is 5.56 Å². The molecule has 0 bridgehead atoms. The Morgan fingerprint density at radius 2 is 2.26 bits per heavy atom. The minimum absolute atomic E-state index is 0.00178. The van der Waals surface area contributed by atoms with Gasteiger partial charge in [0, 0.05) is 21.3 Å². The first kappa shape index (κ1) is 13.1. The zero-order valence-corrected chi connectivity index (χ0v) is 13.0. The summed E-state index contributed by atoms with van der Waals surface area (Å²) >= 11 is 3.45. The average Bonchev–Trinajstić information content (AvgIpc) is 3.13. The molecule has 0 saturated heterocycles. The third-order valence-electron chi connectivity index (χ3n) is 3.97. The molecule has 19 heavy (non-hydrogen) atoms. The summed E-state index contributed by atoms with van der Waals surface area (Å²) in [6, 6.07) is 7.74. The van der Waals surface area contributed by atoms with E-state index in [2.05, 4.69) is 28.6 Å². The maximum atomic E-state index is 14.0. The van der Waals surface area contributed by atoms with Gasteiger partial charge in [-0.3, -0.25) is 0 Å². The zero-order valence-electron chi connectivity index (χ0n) is 10.3. The summed E-state index contributed by atoms with van der Waals surface area (Å²) in [7, 11) is 1.99. The fourth-order valence-corrected chi connectivity index (χ4v) is 3.35. The van der Waals surface area contributed by atoms with Gasteiger partial charge in [0.25, 0.3) is 0 Å². The number of anilines is 1. The molecule has 1 aliphatic heterocycles. The Kier molecular flexibility index (Phi) is 2.78. The maximum absolute atomic E-state index is 14.0. The van der Waals surface area contributed by atoms with Gasteiger partial charge < -0.3 is 4.90 Å². The largest absolute Gasteiger partial charge is 0.340 e. The molecule has 2 aliphatic rings. The zero-order chi connectivity index (χ0) is 13.8. The summed E-state index contributed by atoms with van der Waals surface area (Å²) in [5, 5.41) is 6.92. The van der Waals surface area contributed by atoms with Crippen LogP contribution in [-0.2, 0) is 5.41 Å². The number of fused-ring (bicyclic) bond motifs is 2.